The Bertz CT molecular complexity index is 1340. The quantitative estimate of drug-likeness (QED) is 0.360. The zero-order chi connectivity index (χ0) is 26.9. The number of anilines is 1. The zero-order valence-corrected chi connectivity index (χ0v) is 21.6. The van der Waals surface area contributed by atoms with E-state index in [0.29, 0.717) is 30.1 Å². The van der Waals surface area contributed by atoms with Crippen LogP contribution in [0.4, 0.5) is 23.2 Å². The van der Waals surface area contributed by atoms with Gasteiger partial charge in [0.25, 0.3) is 0 Å². The normalized spacial score (nSPS) is 19.5. The SMILES string of the molecule is O=S(=O)(c1ccc(C(F)(F)F)cc1)N1Cc2cccc(F)c2N(Cc2cnc[nH]2)[C@@H](CCC2CCCC2)C1. The third kappa shape index (κ3) is 5.58. The van der Waals surface area contributed by atoms with Gasteiger partial charge in [-0.05, 0) is 54.7 Å². The molecule has 3 aromatic rings. The molecule has 2 aromatic carbocycles. The largest absolute Gasteiger partial charge is 0.416 e. The summed E-state index contributed by atoms with van der Waals surface area (Å²) in [5, 5.41) is 0. The Morgan fingerprint density at radius 2 is 1.76 bits per heavy atom. The van der Waals surface area contributed by atoms with Crippen molar-refractivity contribution in [3.05, 3.63) is 77.6 Å². The van der Waals surface area contributed by atoms with E-state index in [4.69, 9.17) is 0 Å². The maximum Gasteiger partial charge on any atom is 0.416 e. The number of nitrogens with one attached hydrogen (secondary N) is 1. The molecule has 204 valence electrons. The van der Waals surface area contributed by atoms with Crippen LogP contribution in [-0.2, 0) is 29.3 Å². The zero-order valence-electron chi connectivity index (χ0n) is 20.8. The second kappa shape index (κ2) is 10.7. The minimum Gasteiger partial charge on any atom is -0.359 e. The molecule has 0 spiro atoms. The molecule has 0 unspecified atom stereocenters. The van der Waals surface area contributed by atoms with Crippen LogP contribution in [0.2, 0.25) is 0 Å². The van der Waals surface area contributed by atoms with Gasteiger partial charge in [0.05, 0.1) is 34.7 Å². The van der Waals surface area contributed by atoms with Crippen molar-refractivity contribution >= 4 is 15.7 Å². The van der Waals surface area contributed by atoms with E-state index in [1.54, 1.807) is 24.7 Å². The van der Waals surface area contributed by atoms with E-state index in [1.165, 1.54) is 23.2 Å². The maximum atomic E-state index is 15.4. The summed E-state index contributed by atoms with van der Waals surface area (Å²) in [6.45, 7) is 0.311. The molecular weight excluding hydrogens is 520 g/mol. The lowest BCUT2D eigenvalue weighted by molar-refractivity contribution is -0.137. The molecule has 0 radical (unpaired) electrons. The number of alkyl halides is 3. The highest BCUT2D eigenvalue weighted by Crippen LogP contribution is 2.37. The van der Waals surface area contributed by atoms with E-state index >= 15 is 4.39 Å². The molecule has 1 aliphatic carbocycles. The molecule has 6 nitrogen and oxygen atoms in total. The summed E-state index contributed by atoms with van der Waals surface area (Å²) in [5.74, 6) is 0.106. The molecule has 2 aliphatic rings. The molecule has 1 atom stereocenters. The molecule has 2 heterocycles. The van der Waals surface area contributed by atoms with Gasteiger partial charge in [0, 0.05) is 25.3 Å². The van der Waals surface area contributed by atoms with Gasteiger partial charge in [-0.3, -0.25) is 0 Å². The molecule has 5 rings (SSSR count). The Morgan fingerprint density at radius 3 is 2.42 bits per heavy atom. The fourth-order valence-electron chi connectivity index (χ4n) is 5.67. The van der Waals surface area contributed by atoms with Crippen LogP contribution in [0.1, 0.15) is 55.3 Å². The predicted octanol–water partition coefficient (Wildman–Crippen LogP) is 6.12. The van der Waals surface area contributed by atoms with Gasteiger partial charge in [0.1, 0.15) is 5.82 Å². The Hall–Kier alpha value is -2.92. The van der Waals surface area contributed by atoms with E-state index in [0.717, 1.165) is 49.2 Å². The van der Waals surface area contributed by atoms with Crippen LogP contribution in [0, 0.1) is 11.7 Å². The van der Waals surface area contributed by atoms with Crippen LogP contribution in [-0.4, -0.2) is 35.3 Å². The van der Waals surface area contributed by atoms with E-state index < -0.39 is 27.6 Å². The second-order valence-corrected chi connectivity index (χ2v) is 12.1. The minimum absolute atomic E-state index is 0.0817. The molecule has 0 bridgehead atoms. The van der Waals surface area contributed by atoms with Crippen molar-refractivity contribution in [3.63, 3.8) is 0 Å². The lowest BCUT2D eigenvalue weighted by atomic mass is 9.97. The van der Waals surface area contributed by atoms with Crippen molar-refractivity contribution in [2.24, 2.45) is 5.92 Å². The lowest BCUT2D eigenvalue weighted by Crippen LogP contribution is -2.43. The monoisotopic (exact) mass is 550 g/mol. The third-order valence-corrected chi connectivity index (χ3v) is 9.48. The summed E-state index contributed by atoms with van der Waals surface area (Å²) in [7, 11) is -4.16. The number of rotatable bonds is 7. The van der Waals surface area contributed by atoms with Crippen molar-refractivity contribution in [1.82, 2.24) is 14.3 Å². The fraction of sp³-hybridized carbons (Fsp3) is 0.444. The highest BCUT2D eigenvalue weighted by molar-refractivity contribution is 7.89. The van der Waals surface area contributed by atoms with E-state index in [2.05, 4.69) is 9.97 Å². The van der Waals surface area contributed by atoms with Crippen LogP contribution < -0.4 is 4.90 Å². The van der Waals surface area contributed by atoms with Gasteiger partial charge in [-0.2, -0.15) is 17.5 Å². The number of benzene rings is 2. The molecule has 38 heavy (non-hydrogen) atoms. The van der Waals surface area contributed by atoms with Crippen molar-refractivity contribution in [3.8, 4) is 0 Å². The van der Waals surface area contributed by atoms with Gasteiger partial charge in [-0.25, -0.2) is 17.8 Å². The number of imidazole rings is 1. The molecule has 1 N–H and O–H groups in total. The van der Waals surface area contributed by atoms with Crippen molar-refractivity contribution in [2.75, 3.05) is 11.4 Å². The smallest absolute Gasteiger partial charge is 0.359 e. The van der Waals surface area contributed by atoms with Crippen molar-refractivity contribution in [2.45, 2.75) is 68.7 Å². The summed E-state index contributed by atoms with van der Waals surface area (Å²) in [6, 6.07) is 7.81. The van der Waals surface area contributed by atoms with Crippen LogP contribution >= 0.6 is 0 Å². The fourth-order valence-corrected chi connectivity index (χ4v) is 7.12. The van der Waals surface area contributed by atoms with Gasteiger partial charge in [-0.1, -0.05) is 37.8 Å². The lowest BCUT2D eigenvalue weighted by Gasteiger charge is -2.34. The Kier molecular flexibility index (Phi) is 7.50. The number of H-pyrrole nitrogens is 1. The first kappa shape index (κ1) is 26.7. The Morgan fingerprint density at radius 1 is 1.03 bits per heavy atom. The second-order valence-electron chi connectivity index (χ2n) is 10.2. The number of halogens is 4. The van der Waals surface area contributed by atoms with Gasteiger partial charge in [0.2, 0.25) is 10.0 Å². The van der Waals surface area contributed by atoms with Gasteiger partial charge >= 0.3 is 6.18 Å². The first-order chi connectivity index (χ1) is 18.1. The summed E-state index contributed by atoms with van der Waals surface area (Å²) in [4.78, 5) is 8.84. The highest BCUT2D eigenvalue weighted by Gasteiger charge is 2.37. The molecule has 1 aliphatic heterocycles. The summed E-state index contributed by atoms with van der Waals surface area (Å²) < 4.78 is 83.4. The number of nitrogens with zero attached hydrogens (tertiary/aromatic N) is 3. The number of hydrogen-bond acceptors (Lipinski definition) is 4. The molecule has 1 fully saturated rings. The number of aromatic amines is 1. The van der Waals surface area contributed by atoms with Crippen LogP contribution in [0.25, 0.3) is 0 Å². The summed E-state index contributed by atoms with van der Waals surface area (Å²) >= 11 is 0. The molecule has 1 saturated carbocycles. The molecule has 0 saturated heterocycles. The molecular formula is C27H30F4N4O2S. The third-order valence-electron chi connectivity index (χ3n) is 7.66. The van der Waals surface area contributed by atoms with Gasteiger partial charge in [-0.15, -0.1) is 0 Å². The summed E-state index contributed by atoms with van der Waals surface area (Å²) in [5.41, 5.74) is 0.705. The summed E-state index contributed by atoms with van der Waals surface area (Å²) in [6.07, 6.45) is 4.81. The average molecular weight is 551 g/mol. The highest BCUT2D eigenvalue weighted by atomic mass is 32.2. The topological polar surface area (TPSA) is 69.3 Å². The first-order valence-corrected chi connectivity index (χ1v) is 14.3. The Labute approximate surface area is 219 Å². The number of aromatic nitrogens is 2. The molecule has 1 aromatic heterocycles. The standard InChI is InChI=1S/C27H30F4N4O2S/c28-25-7-3-6-20-15-34(38(36,37)24-12-9-21(10-13-24)27(29,30)31)17-23(11-8-19-4-1-2-5-19)35(26(20)25)16-22-14-32-18-33-22/h3,6-7,9-10,12-14,18-19,23H,1-2,4-5,8,11,15-17H2,(H,32,33)/t23-/m0/s1. The van der Waals surface area contributed by atoms with E-state index in [-0.39, 0.29) is 24.0 Å². The maximum absolute atomic E-state index is 15.4. The molecule has 11 heteroatoms. The van der Waals surface area contributed by atoms with E-state index in [9.17, 15) is 21.6 Å². The number of sulfonamides is 1. The van der Waals surface area contributed by atoms with Crippen molar-refractivity contribution < 1.29 is 26.0 Å². The Balaban J connectivity index is 1.52. The number of hydrogen-bond donors (Lipinski definition) is 1. The number of para-hydroxylation sites is 1. The van der Waals surface area contributed by atoms with Crippen molar-refractivity contribution in [1.29, 1.82) is 0 Å². The first-order valence-electron chi connectivity index (χ1n) is 12.8. The predicted molar refractivity (Wildman–Crippen MR) is 135 cm³/mol. The number of fused-ring (bicyclic) bond motifs is 1. The van der Waals surface area contributed by atoms with Gasteiger partial charge < -0.3 is 9.88 Å². The van der Waals surface area contributed by atoms with Crippen LogP contribution in [0.5, 0.6) is 0 Å². The average Bonchev–Trinajstić information content (AvgIpc) is 3.56. The van der Waals surface area contributed by atoms with Crippen LogP contribution in [0.15, 0.2) is 59.9 Å². The molecule has 0 amide bonds. The van der Waals surface area contributed by atoms with Crippen LogP contribution in [0.3, 0.4) is 0 Å². The van der Waals surface area contributed by atoms with E-state index in [1.807, 2.05) is 4.90 Å². The minimum atomic E-state index is -4.57. The van der Waals surface area contributed by atoms with Gasteiger partial charge in [0.15, 0.2) is 0 Å².